The maximum atomic E-state index is 13.3. The standard InChI is InChI=1S/C25H22FN3O3S/c26-21-7-3-18(4-8-21)13-29(15-24-28-23(17-33-24)25(30)31)14-19-5-9-22(10-6-19)32-16-20-2-1-11-27-12-20/h1-12,17H,13-16H2,(H,30,31). The predicted octanol–water partition coefficient (Wildman–Crippen LogP) is 5.16. The number of hydrogen-bond acceptors (Lipinski definition) is 6. The summed E-state index contributed by atoms with van der Waals surface area (Å²) >= 11 is 1.32. The van der Waals surface area contributed by atoms with Crippen LogP contribution in [0.5, 0.6) is 5.75 Å². The van der Waals surface area contributed by atoms with E-state index in [0.29, 0.717) is 31.2 Å². The van der Waals surface area contributed by atoms with Crippen molar-refractivity contribution in [2.45, 2.75) is 26.2 Å². The van der Waals surface area contributed by atoms with Gasteiger partial charge in [-0.2, -0.15) is 0 Å². The van der Waals surface area contributed by atoms with E-state index in [2.05, 4.69) is 14.9 Å². The molecule has 0 unspecified atom stereocenters. The molecule has 4 rings (SSSR count). The third-order valence-corrected chi connectivity index (χ3v) is 5.74. The zero-order valence-electron chi connectivity index (χ0n) is 17.7. The van der Waals surface area contributed by atoms with Crippen molar-refractivity contribution >= 4 is 17.3 Å². The topological polar surface area (TPSA) is 75.5 Å². The van der Waals surface area contributed by atoms with Gasteiger partial charge in [0.1, 0.15) is 23.2 Å². The third-order valence-electron chi connectivity index (χ3n) is 4.91. The fourth-order valence-electron chi connectivity index (χ4n) is 3.29. The Labute approximate surface area is 195 Å². The lowest BCUT2D eigenvalue weighted by molar-refractivity contribution is 0.0691. The van der Waals surface area contributed by atoms with Crippen LogP contribution < -0.4 is 4.74 Å². The minimum Gasteiger partial charge on any atom is -0.489 e. The summed E-state index contributed by atoms with van der Waals surface area (Å²) in [5, 5.41) is 11.4. The van der Waals surface area contributed by atoms with E-state index in [1.54, 1.807) is 29.9 Å². The number of hydrogen-bond donors (Lipinski definition) is 1. The van der Waals surface area contributed by atoms with Gasteiger partial charge in [0.05, 0.1) is 6.54 Å². The molecule has 33 heavy (non-hydrogen) atoms. The first kappa shape index (κ1) is 22.6. The van der Waals surface area contributed by atoms with Crippen molar-refractivity contribution in [1.82, 2.24) is 14.9 Å². The molecule has 4 aromatic rings. The minimum absolute atomic E-state index is 0.0480. The number of rotatable bonds is 10. The second-order valence-corrected chi connectivity index (χ2v) is 8.44. The van der Waals surface area contributed by atoms with E-state index in [1.165, 1.54) is 23.5 Å². The smallest absolute Gasteiger partial charge is 0.355 e. The Morgan fingerprint density at radius 1 is 0.970 bits per heavy atom. The van der Waals surface area contributed by atoms with E-state index in [1.807, 2.05) is 36.4 Å². The van der Waals surface area contributed by atoms with E-state index >= 15 is 0 Å². The van der Waals surface area contributed by atoms with Gasteiger partial charge in [-0.05, 0) is 41.5 Å². The summed E-state index contributed by atoms with van der Waals surface area (Å²) in [5.41, 5.74) is 3.08. The monoisotopic (exact) mass is 463 g/mol. The van der Waals surface area contributed by atoms with Gasteiger partial charge in [-0.1, -0.05) is 30.3 Å². The van der Waals surface area contributed by atoms with E-state index in [4.69, 9.17) is 9.84 Å². The van der Waals surface area contributed by atoms with Crippen molar-refractivity contribution in [3.63, 3.8) is 0 Å². The molecule has 2 aromatic heterocycles. The fraction of sp³-hybridized carbons (Fsp3) is 0.160. The van der Waals surface area contributed by atoms with Crippen LogP contribution in [-0.2, 0) is 26.2 Å². The van der Waals surface area contributed by atoms with Crippen molar-refractivity contribution in [1.29, 1.82) is 0 Å². The molecule has 0 amide bonds. The molecular weight excluding hydrogens is 441 g/mol. The van der Waals surface area contributed by atoms with Crippen LogP contribution >= 0.6 is 11.3 Å². The van der Waals surface area contributed by atoms with E-state index in [0.717, 1.165) is 22.4 Å². The van der Waals surface area contributed by atoms with Gasteiger partial charge in [0.25, 0.3) is 0 Å². The number of halogens is 1. The van der Waals surface area contributed by atoms with E-state index < -0.39 is 5.97 Å². The lowest BCUT2D eigenvalue weighted by atomic mass is 10.1. The largest absolute Gasteiger partial charge is 0.489 e. The van der Waals surface area contributed by atoms with Crippen LogP contribution in [0.1, 0.15) is 32.2 Å². The Hall–Kier alpha value is -3.62. The maximum absolute atomic E-state index is 13.3. The Kier molecular flexibility index (Phi) is 7.39. The number of carboxylic acids is 1. The molecule has 0 atom stereocenters. The first-order valence-electron chi connectivity index (χ1n) is 10.3. The van der Waals surface area contributed by atoms with Crippen LogP contribution in [0.3, 0.4) is 0 Å². The third kappa shape index (κ3) is 6.68. The van der Waals surface area contributed by atoms with Gasteiger partial charge >= 0.3 is 5.97 Å². The number of carbonyl (C=O) groups is 1. The van der Waals surface area contributed by atoms with Gasteiger partial charge in [0.15, 0.2) is 5.69 Å². The van der Waals surface area contributed by atoms with Gasteiger partial charge in [-0.25, -0.2) is 14.2 Å². The van der Waals surface area contributed by atoms with Crippen LogP contribution in [0.15, 0.2) is 78.4 Å². The summed E-state index contributed by atoms with van der Waals surface area (Å²) in [5.74, 6) is -0.554. The number of pyridine rings is 1. The highest BCUT2D eigenvalue weighted by Gasteiger charge is 2.14. The molecule has 6 nitrogen and oxygen atoms in total. The van der Waals surface area contributed by atoms with Crippen LogP contribution in [-0.4, -0.2) is 25.9 Å². The molecule has 2 heterocycles. The molecule has 0 saturated carbocycles. The number of aromatic carboxylic acids is 1. The van der Waals surface area contributed by atoms with Crippen molar-refractivity contribution in [3.8, 4) is 5.75 Å². The molecule has 0 spiro atoms. The van der Waals surface area contributed by atoms with E-state index in [-0.39, 0.29) is 11.5 Å². The predicted molar refractivity (Wildman–Crippen MR) is 123 cm³/mol. The summed E-state index contributed by atoms with van der Waals surface area (Å²) < 4.78 is 19.1. The normalized spacial score (nSPS) is 11.0. The maximum Gasteiger partial charge on any atom is 0.355 e. The van der Waals surface area contributed by atoms with Crippen LogP contribution in [0.4, 0.5) is 4.39 Å². The Morgan fingerprint density at radius 3 is 2.27 bits per heavy atom. The van der Waals surface area contributed by atoms with Crippen molar-refractivity contribution in [3.05, 3.63) is 112 Å². The highest BCUT2D eigenvalue weighted by molar-refractivity contribution is 7.09. The van der Waals surface area contributed by atoms with E-state index in [9.17, 15) is 9.18 Å². The number of ether oxygens (including phenoxy) is 1. The SMILES string of the molecule is O=C(O)c1csc(CN(Cc2ccc(F)cc2)Cc2ccc(OCc3cccnc3)cc2)n1. The van der Waals surface area contributed by atoms with Gasteiger partial charge in [0, 0.05) is 36.4 Å². The second-order valence-electron chi connectivity index (χ2n) is 7.50. The van der Waals surface area contributed by atoms with Crippen LogP contribution in [0.2, 0.25) is 0 Å². The summed E-state index contributed by atoms with van der Waals surface area (Å²) in [6, 6.07) is 18.1. The van der Waals surface area contributed by atoms with Gasteiger partial charge in [-0.15, -0.1) is 11.3 Å². The van der Waals surface area contributed by atoms with Crippen molar-refractivity contribution in [2.24, 2.45) is 0 Å². The molecule has 8 heteroatoms. The molecule has 0 aliphatic rings. The van der Waals surface area contributed by atoms with Crippen molar-refractivity contribution < 1.29 is 19.0 Å². The Balaban J connectivity index is 1.43. The molecule has 0 aliphatic heterocycles. The average Bonchev–Trinajstić information content (AvgIpc) is 3.30. The first-order valence-corrected chi connectivity index (χ1v) is 11.2. The van der Waals surface area contributed by atoms with Crippen LogP contribution in [0, 0.1) is 5.82 Å². The summed E-state index contributed by atoms with van der Waals surface area (Å²) in [6.45, 7) is 2.11. The van der Waals surface area contributed by atoms with Gasteiger partial charge in [0.2, 0.25) is 0 Å². The van der Waals surface area contributed by atoms with Gasteiger partial charge in [-0.3, -0.25) is 9.88 Å². The number of carboxylic acid groups (broad SMARTS) is 1. The summed E-state index contributed by atoms with van der Waals surface area (Å²) in [7, 11) is 0. The highest BCUT2D eigenvalue weighted by atomic mass is 32.1. The second kappa shape index (κ2) is 10.8. The molecule has 0 aliphatic carbocycles. The fourth-order valence-corrected chi connectivity index (χ4v) is 4.10. The summed E-state index contributed by atoms with van der Waals surface area (Å²) in [4.78, 5) is 21.6. The Bertz CT molecular complexity index is 1180. The van der Waals surface area contributed by atoms with Crippen molar-refractivity contribution in [2.75, 3.05) is 0 Å². The number of nitrogens with zero attached hydrogens (tertiary/aromatic N) is 3. The molecule has 0 saturated heterocycles. The number of thiazole rings is 1. The highest BCUT2D eigenvalue weighted by Crippen LogP contribution is 2.20. The molecular formula is C25H22FN3O3S. The average molecular weight is 464 g/mol. The lowest BCUT2D eigenvalue weighted by Crippen LogP contribution is -2.22. The lowest BCUT2D eigenvalue weighted by Gasteiger charge is -2.22. The minimum atomic E-state index is -1.04. The van der Waals surface area contributed by atoms with Gasteiger partial charge < -0.3 is 9.84 Å². The number of aromatic nitrogens is 2. The van der Waals surface area contributed by atoms with Crippen LogP contribution in [0.25, 0.3) is 0 Å². The quantitative estimate of drug-likeness (QED) is 0.350. The molecule has 0 bridgehead atoms. The number of benzene rings is 2. The molecule has 0 fully saturated rings. The zero-order valence-corrected chi connectivity index (χ0v) is 18.5. The molecule has 168 valence electrons. The molecule has 2 aromatic carbocycles. The Morgan fingerprint density at radius 2 is 1.67 bits per heavy atom. The molecule has 0 radical (unpaired) electrons. The summed E-state index contributed by atoms with van der Waals surface area (Å²) in [6.07, 6.45) is 3.50. The molecule has 1 N–H and O–H groups in total. The zero-order chi connectivity index (χ0) is 23.0. The first-order chi connectivity index (χ1) is 16.0.